The monoisotopic (exact) mass is 489 g/mol. The van der Waals surface area contributed by atoms with E-state index in [2.05, 4.69) is 10.6 Å². The van der Waals surface area contributed by atoms with Crippen molar-refractivity contribution in [1.29, 1.82) is 0 Å². The Bertz CT molecular complexity index is 769. The molecule has 0 bridgehead atoms. The highest BCUT2D eigenvalue weighted by Gasteiger charge is 2.63. The van der Waals surface area contributed by atoms with Gasteiger partial charge in [-0.25, -0.2) is 4.79 Å². The minimum Gasteiger partial charge on any atom is -0.480 e. The molecule has 6 N–H and O–H groups in total. The predicted octanol–water partition coefficient (Wildman–Crippen LogP) is -1.46. The molecule has 0 saturated carbocycles. The third-order valence-electron chi connectivity index (χ3n) is 6.21. The maximum Gasteiger partial charge on any atom is 0.327 e. The van der Waals surface area contributed by atoms with Crippen LogP contribution < -0.4 is 10.6 Å². The van der Waals surface area contributed by atoms with Crippen molar-refractivity contribution < 1.29 is 39.6 Å². The van der Waals surface area contributed by atoms with Crippen molar-refractivity contribution in [2.45, 2.75) is 69.6 Å². The predicted molar refractivity (Wildman–Crippen MR) is 120 cm³/mol. The Kier molecular flexibility index (Phi) is 8.77. The van der Waals surface area contributed by atoms with Crippen molar-refractivity contribution in [3.05, 3.63) is 0 Å². The van der Waals surface area contributed by atoms with Crippen LogP contribution in [0.4, 0.5) is 0 Å². The number of carbonyl (C=O) groups excluding carboxylic acids is 3. The van der Waals surface area contributed by atoms with Gasteiger partial charge in [-0.05, 0) is 20.3 Å². The molecule has 2 aliphatic heterocycles. The Hall–Kier alpha value is -1.89. The van der Waals surface area contributed by atoms with E-state index >= 15 is 0 Å². The zero-order valence-corrected chi connectivity index (χ0v) is 20.2. The Morgan fingerprint density at radius 2 is 1.82 bits per heavy atom. The van der Waals surface area contributed by atoms with Crippen LogP contribution in [0.2, 0.25) is 0 Å². The first-order valence-electron chi connectivity index (χ1n) is 10.9. The minimum atomic E-state index is -1.40. The zero-order chi connectivity index (χ0) is 25.1. The van der Waals surface area contributed by atoms with Crippen molar-refractivity contribution in [2.75, 3.05) is 25.4 Å². The van der Waals surface area contributed by atoms with E-state index in [1.165, 1.54) is 16.7 Å². The van der Waals surface area contributed by atoms with Gasteiger partial charge in [0.1, 0.15) is 12.1 Å². The van der Waals surface area contributed by atoms with Gasteiger partial charge in [0.05, 0.1) is 18.1 Å². The van der Waals surface area contributed by atoms with Crippen LogP contribution in [0.15, 0.2) is 0 Å². The number of nitrogens with zero attached hydrogens (tertiary/aromatic N) is 1. The second-order valence-electron chi connectivity index (χ2n) is 9.81. The maximum atomic E-state index is 12.4. The highest BCUT2D eigenvalue weighted by Crippen LogP contribution is 2.47. The lowest BCUT2D eigenvalue weighted by Crippen LogP contribution is -2.67. The molecule has 2 aliphatic rings. The molecule has 5 atom stereocenters. The van der Waals surface area contributed by atoms with E-state index < -0.39 is 41.0 Å². The molecular formula is C21H35N3O8S. The first-order valence-corrected chi connectivity index (χ1v) is 12.0. The standard InChI is InChI=1S/C21H35N3O8S/c1-20(2,10-25)16(27)17(28)23-6-5-13(26)22-7-8-33-12-9-11-14(21(3,4)32)18(29)24(11)15(12)19(30)31/h11-12,14-16,25,27,32H,5-10H2,1-4H3,(H,22,26)(H,23,28)(H,30,31)/t11-,12+,14+,15-,16+/m1/s1. The number of aliphatic hydroxyl groups is 3. The second kappa shape index (κ2) is 10.6. The van der Waals surface area contributed by atoms with E-state index in [4.69, 9.17) is 0 Å². The molecule has 0 unspecified atom stereocenters. The van der Waals surface area contributed by atoms with E-state index in [0.717, 1.165) is 0 Å². The average Bonchev–Trinajstić information content (AvgIpc) is 3.03. The summed E-state index contributed by atoms with van der Waals surface area (Å²) < 4.78 is 0. The summed E-state index contributed by atoms with van der Waals surface area (Å²) in [7, 11) is 0. The first-order chi connectivity index (χ1) is 15.2. The van der Waals surface area contributed by atoms with Crippen molar-refractivity contribution in [1.82, 2.24) is 15.5 Å². The summed E-state index contributed by atoms with van der Waals surface area (Å²) >= 11 is 1.36. The fourth-order valence-corrected chi connectivity index (χ4v) is 5.53. The molecule has 0 aliphatic carbocycles. The number of carboxylic acid groups (broad SMARTS) is 1. The zero-order valence-electron chi connectivity index (χ0n) is 19.4. The van der Waals surface area contributed by atoms with Gasteiger partial charge in [0.2, 0.25) is 17.7 Å². The number of carboxylic acids is 1. The molecule has 2 fully saturated rings. The van der Waals surface area contributed by atoms with Crippen LogP contribution in [0.1, 0.15) is 40.5 Å². The summed E-state index contributed by atoms with van der Waals surface area (Å²) in [6.45, 7) is 6.14. The van der Waals surface area contributed by atoms with Gasteiger partial charge in [-0.3, -0.25) is 14.4 Å². The summed E-state index contributed by atoms with van der Waals surface area (Å²) in [4.78, 5) is 49.4. The third kappa shape index (κ3) is 6.17. The Morgan fingerprint density at radius 1 is 1.18 bits per heavy atom. The third-order valence-corrected chi connectivity index (χ3v) is 7.52. The Labute approximate surface area is 197 Å². The first kappa shape index (κ1) is 27.4. The van der Waals surface area contributed by atoms with Gasteiger partial charge in [0.25, 0.3) is 0 Å². The summed E-state index contributed by atoms with van der Waals surface area (Å²) in [5.74, 6) is -2.57. The van der Waals surface area contributed by atoms with Crippen LogP contribution >= 0.6 is 11.8 Å². The molecule has 0 aromatic heterocycles. The highest BCUT2D eigenvalue weighted by atomic mass is 32.2. The summed E-state index contributed by atoms with van der Waals surface area (Å²) in [5, 5.41) is 43.7. The smallest absolute Gasteiger partial charge is 0.327 e. The number of fused-ring (bicyclic) bond motifs is 1. The lowest BCUT2D eigenvalue weighted by molar-refractivity contribution is -0.177. The van der Waals surface area contributed by atoms with Gasteiger partial charge < -0.3 is 36.0 Å². The van der Waals surface area contributed by atoms with Crippen molar-refractivity contribution >= 4 is 35.5 Å². The van der Waals surface area contributed by atoms with Crippen LogP contribution in [-0.2, 0) is 19.2 Å². The average molecular weight is 490 g/mol. The molecular weight excluding hydrogens is 454 g/mol. The van der Waals surface area contributed by atoms with E-state index in [0.29, 0.717) is 12.2 Å². The molecule has 0 spiro atoms. The highest BCUT2D eigenvalue weighted by molar-refractivity contribution is 8.00. The molecule has 0 aromatic rings. The molecule has 2 rings (SSSR count). The van der Waals surface area contributed by atoms with Crippen LogP contribution in [0.25, 0.3) is 0 Å². The molecule has 2 heterocycles. The maximum absolute atomic E-state index is 12.4. The molecule has 12 heteroatoms. The lowest BCUT2D eigenvalue weighted by atomic mass is 9.76. The fraction of sp³-hybridized carbons (Fsp3) is 0.810. The summed E-state index contributed by atoms with van der Waals surface area (Å²) in [5.41, 5.74) is -2.21. The molecule has 33 heavy (non-hydrogen) atoms. The van der Waals surface area contributed by atoms with E-state index in [1.807, 2.05) is 0 Å². The van der Waals surface area contributed by atoms with Gasteiger partial charge in [-0.2, -0.15) is 11.8 Å². The van der Waals surface area contributed by atoms with Gasteiger partial charge in [-0.15, -0.1) is 0 Å². The topological polar surface area (TPSA) is 176 Å². The number of thioether (sulfide) groups is 1. The Morgan fingerprint density at radius 3 is 2.36 bits per heavy atom. The van der Waals surface area contributed by atoms with Crippen LogP contribution in [0, 0.1) is 11.3 Å². The number of nitrogens with one attached hydrogen (secondary N) is 2. The van der Waals surface area contributed by atoms with Gasteiger partial charge in [-0.1, -0.05) is 13.8 Å². The minimum absolute atomic E-state index is 0.00146. The number of aliphatic hydroxyl groups excluding tert-OH is 2. The van der Waals surface area contributed by atoms with E-state index in [9.17, 15) is 39.6 Å². The van der Waals surface area contributed by atoms with Crippen molar-refractivity contribution in [2.24, 2.45) is 11.3 Å². The Balaban J connectivity index is 1.73. The number of hydrogen-bond acceptors (Lipinski definition) is 8. The SMILES string of the molecule is CC(C)(O)[C@@H]1C(=O)N2[C@@H]1C[C@H](SCCNC(=O)CCNC(=O)[C@H](O)C(C)(C)CO)[C@@H]2C(=O)O. The fourth-order valence-electron chi connectivity index (χ4n) is 4.24. The lowest BCUT2D eigenvalue weighted by Gasteiger charge is -2.49. The van der Waals surface area contributed by atoms with E-state index in [1.54, 1.807) is 27.7 Å². The van der Waals surface area contributed by atoms with Gasteiger partial charge in [0, 0.05) is 42.0 Å². The number of aliphatic carboxylic acids is 1. The number of rotatable bonds is 12. The second-order valence-corrected chi connectivity index (χ2v) is 11.2. The summed E-state index contributed by atoms with van der Waals surface area (Å²) in [6.07, 6.45) is -0.930. The van der Waals surface area contributed by atoms with Crippen LogP contribution in [0.5, 0.6) is 0 Å². The number of β-lactam (4-membered cyclic amide) rings is 1. The van der Waals surface area contributed by atoms with Crippen LogP contribution in [-0.4, -0.2) is 104 Å². The number of amides is 3. The van der Waals surface area contributed by atoms with Crippen LogP contribution in [0.3, 0.4) is 0 Å². The molecule has 0 aromatic carbocycles. The number of carbonyl (C=O) groups is 4. The quantitative estimate of drug-likeness (QED) is 0.141. The van der Waals surface area contributed by atoms with Crippen molar-refractivity contribution in [3.63, 3.8) is 0 Å². The summed E-state index contributed by atoms with van der Waals surface area (Å²) in [6, 6.07) is -1.26. The van der Waals surface area contributed by atoms with Gasteiger partial charge >= 0.3 is 5.97 Å². The molecule has 188 valence electrons. The molecule has 3 amide bonds. The molecule has 11 nitrogen and oxygen atoms in total. The van der Waals surface area contributed by atoms with Gasteiger partial charge in [0.15, 0.2) is 0 Å². The largest absolute Gasteiger partial charge is 0.480 e. The normalized spacial score (nSPS) is 25.8. The molecule has 0 radical (unpaired) electrons. The number of hydrogen-bond donors (Lipinski definition) is 6. The van der Waals surface area contributed by atoms with Crippen molar-refractivity contribution in [3.8, 4) is 0 Å². The van der Waals surface area contributed by atoms with E-state index in [-0.39, 0.29) is 49.2 Å². The molecule has 2 saturated heterocycles.